The molecule has 3 fully saturated rings. The number of likely N-dealkylation sites (tertiary alicyclic amines) is 1. The molecule has 2 heteroatoms. The molecule has 0 radical (unpaired) electrons. The number of nitrogens with one attached hydrogen (secondary N) is 1. The second-order valence-corrected chi connectivity index (χ2v) is 7.31. The van der Waals surface area contributed by atoms with Crippen molar-refractivity contribution in [1.29, 1.82) is 0 Å². The van der Waals surface area contributed by atoms with E-state index in [1.165, 1.54) is 77.3 Å². The van der Waals surface area contributed by atoms with E-state index in [0.29, 0.717) is 0 Å². The first kappa shape index (κ1) is 13.9. The Balaban J connectivity index is 1.44. The lowest BCUT2D eigenvalue weighted by Gasteiger charge is -2.44. The zero-order valence-electron chi connectivity index (χ0n) is 12.8. The van der Waals surface area contributed by atoms with Crippen LogP contribution in [0.2, 0.25) is 0 Å². The molecule has 1 aliphatic heterocycles. The third kappa shape index (κ3) is 3.16. The van der Waals surface area contributed by atoms with E-state index in [9.17, 15) is 0 Å². The summed E-state index contributed by atoms with van der Waals surface area (Å²) in [6.07, 6.45) is 14.8. The number of rotatable bonds is 3. The molecule has 3 rings (SSSR count). The maximum atomic E-state index is 3.63. The fourth-order valence-electron chi connectivity index (χ4n) is 4.92. The van der Waals surface area contributed by atoms with E-state index in [4.69, 9.17) is 0 Å². The van der Waals surface area contributed by atoms with E-state index in [1.54, 1.807) is 0 Å². The predicted octanol–water partition coefficient (Wildman–Crippen LogP) is 3.56. The van der Waals surface area contributed by atoms with Crippen molar-refractivity contribution in [3.05, 3.63) is 0 Å². The van der Waals surface area contributed by atoms with E-state index in [-0.39, 0.29) is 0 Å². The summed E-state index contributed by atoms with van der Waals surface area (Å²) < 4.78 is 0. The van der Waals surface area contributed by atoms with E-state index >= 15 is 0 Å². The molecule has 1 N–H and O–H groups in total. The van der Waals surface area contributed by atoms with E-state index < -0.39 is 0 Å². The van der Waals surface area contributed by atoms with Crippen LogP contribution in [-0.2, 0) is 0 Å². The van der Waals surface area contributed by atoms with Gasteiger partial charge in [-0.3, -0.25) is 0 Å². The topological polar surface area (TPSA) is 15.3 Å². The second-order valence-electron chi connectivity index (χ2n) is 7.31. The zero-order chi connectivity index (χ0) is 13.1. The van der Waals surface area contributed by atoms with Gasteiger partial charge in [0.25, 0.3) is 0 Å². The quantitative estimate of drug-likeness (QED) is 0.838. The first-order chi connectivity index (χ1) is 9.31. The minimum absolute atomic E-state index is 0.789. The van der Waals surface area contributed by atoms with Crippen LogP contribution in [0.1, 0.15) is 71.1 Å². The van der Waals surface area contributed by atoms with Crippen LogP contribution in [0.5, 0.6) is 0 Å². The summed E-state index contributed by atoms with van der Waals surface area (Å²) in [5.41, 5.74) is 0.789. The van der Waals surface area contributed by atoms with Gasteiger partial charge in [0.2, 0.25) is 0 Å². The van der Waals surface area contributed by atoms with Crippen molar-refractivity contribution in [2.45, 2.75) is 83.2 Å². The van der Waals surface area contributed by atoms with Crippen molar-refractivity contribution in [2.24, 2.45) is 5.41 Å². The molecule has 0 atom stereocenters. The number of nitrogens with zero attached hydrogens (tertiary/aromatic N) is 1. The summed E-state index contributed by atoms with van der Waals surface area (Å²) in [5, 5.41) is 3.63. The molecule has 0 aromatic carbocycles. The Hall–Kier alpha value is -0.0800. The van der Waals surface area contributed by atoms with Crippen molar-refractivity contribution in [2.75, 3.05) is 19.6 Å². The third-order valence-corrected chi connectivity index (χ3v) is 6.23. The Kier molecular flexibility index (Phi) is 4.48. The van der Waals surface area contributed by atoms with Gasteiger partial charge in [-0.1, -0.05) is 19.8 Å². The van der Waals surface area contributed by atoms with Gasteiger partial charge in [0.15, 0.2) is 0 Å². The average Bonchev–Trinajstić information content (AvgIpc) is 2.90. The SMILES string of the molecule is CCNC1CCC(N2CCC3(CCCC3)CC2)CC1. The highest BCUT2D eigenvalue weighted by Gasteiger charge is 2.38. The number of piperidine rings is 1. The molecule has 2 nitrogen and oxygen atoms in total. The summed E-state index contributed by atoms with van der Waals surface area (Å²) in [7, 11) is 0. The lowest BCUT2D eigenvalue weighted by atomic mass is 9.76. The molecule has 110 valence electrons. The highest BCUT2D eigenvalue weighted by Crippen LogP contribution is 2.46. The first-order valence-electron chi connectivity index (χ1n) is 8.79. The Labute approximate surface area is 119 Å². The van der Waals surface area contributed by atoms with Crippen LogP contribution in [0.4, 0.5) is 0 Å². The fraction of sp³-hybridized carbons (Fsp3) is 1.00. The van der Waals surface area contributed by atoms with Crippen LogP contribution in [0.3, 0.4) is 0 Å². The van der Waals surface area contributed by atoms with Crippen LogP contribution in [0.25, 0.3) is 0 Å². The Morgan fingerprint density at radius 2 is 1.58 bits per heavy atom. The highest BCUT2D eigenvalue weighted by molar-refractivity contribution is 4.92. The first-order valence-corrected chi connectivity index (χ1v) is 8.79. The molecule has 2 aliphatic carbocycles. The van der Waals surface area contributed by atoms with Gasteiger partial charge in [-0.25, -0.2) is 0 Å². The van der Waals surface area contributed by atoms with Gasteiger partial charge in [-0.05, 0) is 76.4 Å². The lowest BCUT2D eigenvalue weighted by molar-refractivity contribution is 0.0575. The summed E-state index contributed by atoms with van der Waals surface area (Å²) in [5.74, 6) is 0. The molecule has 1 saturated heterocycles. The highest BCUT2D eigenvalue weighted by atomic mass is 15.2. The lowest BCUT2D eigenvalue weighted by Crippen LogP contribution is -2.47. The molecule has 0 unspecified atom stereocenters. The molecule has 0 aromatic rings. The van der Waals surface area contributed by atoms with Gasteiger partial charge in [0.1, 0.15) is 0 Å². The Bertz CT molecular complexity index is 265. The molecule has 1 spiro atoms. The molecular formula is C17H32N2. The average molecular weight is 264 g/mol. The van der Waals surface area contributed by atoms with Crippen molar-refractivity contribution in [3.63, 3.8) is 0 Å². The van der Waals surface area contributed by atoms with Gasteiger partial charge < -0.3 is 10.2 Å². The molecule has 19 heavy (non-hydrogen) atoms. The van der Waals surface area contributed by atoms with E-state index in [2.05, 4.69) is 17.1 Å². The maximum absolute atomic E-state index is 3.63. The van der Waals surface area contributed by atoms with Crippen LogP contribution < -0.4 is 5.32 Å². The Morgan fingerprint density at radius 1 is 0.947 bits per heavy atom. The van der Waals surface area contributed by atoms with Crippen LogP contribution >= 0.6 is 0 Å². The molecule has 0 aromatic heterocycles. The van der Waals surface area contributed by atoms with Gasteiger partial charge in [-0.15, -0.1) is 0 Å². The van der Waals surface area contributed by atoms with Crippen LogP contribution in [-0.4, -0.2) is 36.6 Å². The van der Waals surface area contributed by atoms with Crippen molar-refractivity contribution < 1.29 is 0 Å². The fourth-order valence-corrected chi connectivity index (χ4v) is 4.92. The van der Waals surface area contributed by atoms with Crippen molar-refractivity contribution in [1.82, 2.24) is 10.2 Å². The van der Waals surface area contributed by atoms with Crippen LogP contribution in [0, 0.1) is 5.41 Å². The number of hydrogen-bond donors (Lipinski definition) is 1. The minimum Gasteiger partial charge on any atom is -0.314 e. The maximum Gasteiger partial charge on any atom is 0.00964 e. The second kappa shape index (κ2) is 6.13. The molecule has 1 heterocycles. The summed E-state index contributed by atoms with van der Waals surface area (Å²) in [6, 6.07) is 1.72. The number of hydrogen-bond acceptors (Lipinski definition) is 2. The molecule has 2 saturated carbocycles. The minimum atomic E-state index is 0.789. The van der Waals surface area contributed by atoms with Gasteiger partial charge in [-0.2, -0.15) is 0 Å². The van der Waals surface area contributed by atoms with Gasteiger partial charge in [0.05, 0.1) is 0 Å². The standard InChI is InChI=1S/C17H32N2/c1-2-18-15-5-7-16(8-6-15)19-13-11-17(12-14-19)9-3-4-10-17/h15-16,18H,2-14H2,1H3. The summed E-state index contributed by atoms with van der Waals surface area (Å²) in [6.45, 7) is 6.17. The monoisotopic (exact) mass is 264 g/mol. The molecule has 0 bridgehead atoms. The molecular weight excluding hydrogens is 232 g/mol. The van der Waals surface area contributed by atoms with E-state index in [1.807, 2.05) is 0 Å². The largest absolute Gasteiger partial charge is 0.314 e. The zero-order valence-corrected chi connectivity index (χ0v) is 12.8. The van der Waals surface area contributed by atoms with Crippen molar-refractivity contribution in [3.8, 4) is 0 Å². The normalized spacial score (nSPS) is 35.8. The smallest absolute Gasteiger partial charge is 0.00964 e. The summed E-state index contributed by atoms with van der Waals surface area (Å²) >= 11 is 0. The third-order valence-electron chi connectivity index (χ3n) is 6.23. The molecule has 3 aliphatic rings. The predicted molar refractivity (Wildman–Crippen MR) is 81.4 cm³/mol. The summed E-state index contributed by atoms with van der Waals surface area (Å²) in [4.78, 5) is 2.84. The Morgan fingerprint density at radius 3 is 2.16 bits per heavy atom. The van der Waals surface area contributed by atoms with Gasteiger partial charge >= 0.3 is 0 Å². The van der Waals surface area contributed by atoms with Crippen molar-refractivity contribution >= 4 is 0 Å². The molecule has 0 amide bonds. The van der Waals surface area contributed by atoms with Gasteiger partial charge in [0, 0.05) is 12.1 Å². The van der Waals surface area contributed by atoms with E-state index in [0.717, 1.165) is 24.0 Å². The van der Waals surface area contributed by atoms with Crippen LogP contribution in [0.15, 0.2) is 0 Å².